The number of aromatic nitrogens is 3. The molecule has 2 unspecified atom stereocenters. The fourth-order valence-corrected chi connectivity index (χ4v) is 4.94. The molecule has 19 heavy (non-hydrogen) atoms. The number of fused-ring (bicyclic) bond motifs is 1. The maximum atomic E-state index is 12.1. The van der Waals surface area contributed by atoms with Gasteiger partial charge in [0.15, 0.2) is 9.84 Å². The molecule has 6 nitrogen and oxygen atoms in total. The molecule has 0 bridgehead atoms. The Bertz CT molecular complexity index is 566. The van der Waals surface area contributed by atoms with E-state index in [2.05, 4.69) is 10.2 Å². The molecule has 0 radical (unpaired) electrons. The summed E-state index contributed by atoms with van der Waals surface area (Å²) in [6.07, 6.45) is 4.96. The van der Waals surface area contributed by atoms with E-state index in [0.717, 1.165) is 50.3 Å². The molecule has 1 saturated heterocycles. The van der Waals surface area contributed by atoms with Crippen LogP contribution in [0.3, 0.4) is 0 Å². The number of nitrogens with zero attached hydrogens (tertiary/aromatic N) is 3. The van der Waals surface area contributed by atoms with Crippen LogP contribution in [0, 0.1) is 0 Å². The Morgan fingerprint density at radius 2 is 2.05 bits per heavy atom. The number of nitrogens with two attached hydrogens (primary N) is 1. The van der Waals surface area contributed by atoms with Crippen LogP contribution in [-0.2, 0) is 22.8 Å². The Morgan fingerprint density at radius 3 is 2.84 bits per heavy atom. The molecule has 1 fully saturated rings. The molecule has 2 N–H and O–H groups in total. The molecule has 0 saturated carbocycles. The quantitative estimate of drug-likeness (QED) is 0.858. The van der Waals surface area contributed by atoms with Crippen LogP contribution in [0.1, 0.15) is 49.8 Å². The molecule has 3 rings (SSSR count). The third-order valence-corrected chi connectivity index (χ3v) is 6.48. The lowest BCUT2D eigenvalue weighted by Gasteiger charge is -2.24. The van der Waals surface area contributed by atoms with Gasteiger partial charge in [0.05, 0.1) is 17.0 Å². The number of sulfone groups is 1. The summed E-state index contributed by atoms with van der Waals surface area (Å²) in [4.78, 5) is 0. The fraction of sp³-hybridized carbons (Fsp3) is 0.833. The summed E-state index contributed by atoms with van der Waals surface area (Å²) in [5.41, 5.74) is 6.00. The molecular formula is C12H20N4O2S. The molecule has 1 aromatic rings. The average Bonchev–Trinajstić information content (AvgIpc) is 2.77. The third-order valence-electron chi connectivity index (χ3n) is 4.21. The number of hydrogen-bond donors (Lipinski definition) is 1. The van der Waals surface area contributed by atoms with Crippen LogP contribution in [0.2, 0.25) is 0 Å². The van der Waals surface area contributed by atoms with Gasteiger partial charge in [-0.25, -0.2) is 8.42 Å². The number of hydrogen-bond acceptors (Lipinski definition) is 5. The molecule has 7 heteroatoms. The normalized spacial score (nSPS) is 29.9. The Hall–Kier alpha value is -0.950. The predicted molar refractivity (Wildman–Crippen MR) is 71.3 cm³/mol. The van der Waals surface area contributed by atoms with E-state index in [1.165, 1.54) is 0 Å². The molecule has 2 aliphatic rings. The second-order valence-corrected chi connectivity index (χ2v) is 7.96. The van der Waals surface area contributed by atoms with Crippen molar-refractivity contribution < 1.29 is 8.42 Å². The maximum Gasteiger partial charge on any atom is 0.153 e. The van der Waals surface area contributed by atoms with Crippen molar-refractivity contribution in [3.63, 3.8) is 0 Å². The van der Waals surface area contributed by atoms with E-state index in [-0.39, 0.29) is 11.3 Å². The summed E-state index contributed by atoms with van der Waals surface area (Å²) >= 11 is 0. The van der Waals surface area contributed by atoms with Gasteiger partial charge in [0, 0.05) is 13.0 Å². The molecule has 0 aliphatic carbocycles. The highest BCUT2D eigenvalue weighted by atomic mass is 32.2. The van der Waals surface area contributed by atoms with E-state index in [4.69, 9.17) is 5.73 Å². The smallest absolute Gasteiger partial charge is 0.153 e. The molecule has 0 aromatic carbocycles. The first-order valence-corrected chi connectivity index (χ1v) is 8.68. The van der Waals surface area contributed by atoms with Crippen molar-refractivity contribution in [2.45, 2.75) is 56.4 Å². The average molecular weight is 284 g/mol. The molecule has 0 spiro atoms. The van der Waals surface area contributed by atoms with Crippen molar-refractivity contribution in [3.05, 3.63) is 11.6 Å². The Balaban J connectivity index is 1.84. The summed E-state index contributed by atoms with van der Waals surface area (Å²) in [5.74, 6) is 1.92. The SMILES string of the molecule is NC1CCCn2c(CC3CCCCS3(=O)=O)nnc21. The summed E-state index contributed by atoms with van der Waals surface area (Å²) in [6.45, 7) is 0.859. The first-order chi connectivity index (χ1) is 9.08. The van der Waals surface area contributed by atoms with Crippen molar-refractivity contribution in [3.8, 4) is 0 Å². The van der Waals surface area contributed by atoms with Crippen LogP contribution in [0.25, 0.3) is 0 Å². The molecule has 0 amide bonds. The second-order valence-electron chi connectivity index (χ2n) is 5.56. The van der Waals surface area contributed by atoms with Crippen LogP contribution >= 0.6 is 0 Å². The number of rotatable bonds is 2. The van der Waals surface area contributed by atoms with Crippen LogP contribution < -0.4 is 5.73 Å². The van der Waals surface area contributed by atoms with E-state index in [1.54, 1.807) is 0 Å². The minimum Gasteiger partial charge on any atom is -0.321 e. The first kappa shape index (κ1) is 13.1. The maximum absolute atomic E-state index is 12.1. The van der Waals surface area contributed by atoms with Gasteiger partial charge in [0.2, 0.25) is 0 Å². The monoisotopic (exact) mass is 284 g/mol. The fourth-order valence-electron chi connectivity index (χ4n) is 3.07. The van der Waals surface area contributed by atoms with E-state index in [1.807, 2.05) is 4.57 Å². The van der Waals surface area contributed by atoms with Gasteiger partial charge < -0.3 is 10.3 Å². The van der Waals surface area contributed by atoms with E-state index < -0.39 is 9.84 Å². The largest absolute Gasteiger partial charge is 0.321 e. The van der Waals surface area contributed by atoms with Crippen molar-refractivity contribution in [2.75, 3.05) is 5.75 Å². The van der Waals surface area contributed by atoms with Crippen LogP contribution in [0.4, 0.5) is 0 Å². The Labute approximate surface area is 113 Å². The summed E-state index contributed by atoms with van der Waals surface area (Å²) in [6, 6.07) is -0.0574. The van der Waals surface area contributed by atoms with Crippen molar-refractivity contribution >= 4 is 9.84 Å². The van der Waals surface area contributed by atoms with Gasteiger partial charge in [-0.3, -0.25) is 0 Å². The lowest BCUT2D eigenvalue weighted by molar-refractivity contribution is 0.439. The van der Waals surface area contributed by atoms with Gasteiger partial charge in [0.1, 0.15) is 11.6 Å². The zero-order valence-electron chi connectivity index (χ0n) is 11.0. The molecule has 1 aromatic heterocycles. The van der Waals surface area contributed by atoms with Crippen LogP contribution in [0.5, 0.6) is 0 Å². The molecule has 2 atom stereocenters. The molecule has 3 heterocycles. The highest BCUT2D eigenvalue weighted by Crippen LogP contribution is 2.26. The van der Waals surface area contributed by atoms with Gasteiger partial charge >= 0.3 is 0 Å². The third kappa shape index (κ3) is 2.41. The highest BCUT2D eigenvalue weighted by molar-refractivity contribution is 7.92. The van der Waals surface area contributed by atoms with Crippen LogP contribution in [0.15, 0.2) is 0 Å². The minimum atomic E-state index is -2.95. The summed E-state index contributed by atoms with van der Waals surface area (Å²) in [5, 5.41) is 8.04. The zero-order valence-corrected chi connectivity index (χ0v) is 11.8. The van der Waals surface area contributed by atoms with E-state index in [9.17, 15) is 8.42 Å². The highest BCUT2D eigenvalue weighted by Gasteiger charge is 2.31. The van der Waals surface area contributed by atoms with Gasteiger partial charge in [-0.1, -0.05) is 6.42 Å². The minimum absolute atomic E-state index is 0.0574. The topological polar surface area (TPSA) is 90.9 Å². The van der Waals surface area contributed by atoms with E-state index in [0.29, 0.717) is 12.2 Å². The van der Waals surface area contributed by atoms with Crippen LogP contribution in [-0.4, -0.2) is 34.2 Å². The van der Waals surface area contributed by atoms with E-state index >= 15 is 0 Å². The van der Waals surface area contributed by atoms with Crippen molar-refractivity contribution in [2.24, 2.45) is 5.73 Å². The first-order valence-electron chi connectivity index (χ1n) is 6.97. The lowest BCUT2D eigenvalue weighted by Crippen LogP contribution is -2.32. The van der Waals surface area contributed by atoms with Gasteiger partial charge in [-0.2, -0.15) is 0 Å². The Kier molecular flexibility index (Phi) is 3.34. The molecular weight excluding hydrogens is 264 g/mol. The zero-order chi connectivity index (χ0) is 13.5. The summed E-state index contributed by atoms with van der Waals surface area (Å²) in [7, 11) is -2.95. The Morgan fingerprint density at radius 1 is 1.21 bits per heavy atom. The van der Waals surface area contributed by atoms with Gasteiger partial charge in [0.25, 0.3) is 0 Å². The van der Waals surface area contributed by atoms with Gasteiger partial charge in [-0.15, -0.1) is 10.2 Å². The predicted octanol–water partition coefficient (Wildman–Crippen LogP) is 0.582. The van der Waals surface area contributed by atoms with Gasteiger partial charge in [-0.05, 0) is 25.7 Å². The second kappa shape index (κ2) is 4.86. The molecule has 106 valence electrons. The lowest BCUT2D eigenvalue weighted by atomic mass is 10.1. The van der Waals surface area contributed by atoms with Crippen molar-refractivity contribution in [1.82, 2.24) is 14.8 Å². The summed E-state index contributed by atoms with van der Waals surface area (Å²) < 4.78 is 26.1. The standard InChI is InChI=1S/C12H20N4O2S/c13-10-5-3-6-16-11(14-15-12(10)16)8-9-4-1-2-7-19(9,17)18/h9-10H,1-8,13H2. The molecule has 2 aliphatic heterocycles. The van der Waals surface area contributed by atoms with Crippen molar-refractivity contribution in [1.29, 1.82) is 0 Å².